The Morgan fingerprint density at radius 3 is 2.84 bits per heavy atom. The van der Waals surface area contributed by atoms with E-state index in [2.05, 4.69) is 39.6 Å². The van der Waals surface area contributed by atoms with E-state index in [1.807, 2.05) is 0 Å². The molecule has 4 nitrogen and oxygen atoms in total. The van der Waals surface area contributed by atoms with Gasteiger partial charge in [0.25, 0.3) is 0 Å². The van der Waals surface area contributed by atoms with Crippen LogP contribution in [0.15, 0.2) is 18.2 Å². The quantitative estimate of drug-likeness (QED) is 0.897. The van der Waals surface area contributed by atoms with Crippen molar-refractivity contribution in [3.05, 3.63) is 23.8 Å². The molecule has 2 heterocycles. The zero-order valence-corrected chi connectivity index (χ0v) is 11.3. The van der Waals surface area contributed by atoms with Gasteiger partial charge in [-0.1, -0.05) is 12.1 Å². The van der Waals surface area contributed by atoms with Gasteiger partial charge in [-0.15, -0.1) is 0 Å². The van der Waals surface area contributed by atoms with Gasteiger partial charge in [-0.25, -0.2) is 4.98 Å². The summed E-state index contributed by atoms with van der Waals surface area (Å²) in [5.74, 6) is 0.673. The van der Waals surface area contributed by atoms with Crippen LogP contribution in [0.25, 0.3) is 11.0 Å². The summed E-state index contributed by atoms with van der Waals surface area (Å²) in [5, 5.41) is 0. The Balaban J connectivity index is 1.74. The number of nitrogen functional groups attached to an aromatic ring is 1. The first kappa shape index (κ1) is 11.3. The van der Waals surface area contributed by atoms with Crippen LogP contribution in [0.4, 0.5) is 5.95 Å². The maximum absolute atomic E-state index is 6.17. The molecular formula is C15H20N4. The van der Waals surface area contributed by atoms with Crippen LogP contribution in [-0.4, -0.2) is 33.6 Å². The van der Waals surface area contributed by atoms with E-state index in [0.717, 1.165) is 18.1 Å². The summed E-state index contributed by atoms with van der Waals surface area (Å²) in [6.45, 7) is 4.44. The largest absolute Gasteiger partial charge is 0.369 e. The van der Waals surface area contributed by atoms with Crippen LogP contribution in [0.1, 0.15) is 30.9 Å². The Morgan fingerprint density at radius 2 is 2.05 bits per heavy atom. The summed E-state index contributed by atoms with van der Waals surface area (Å²) < 4.78 is 2.25. The third-order valence-electron chi connectivity index (χ3n) is 4.57. The number of hydrogen-bond donors (Lipinski definition) is 1. The van der Waals surface area contributed by atoms with E-state index >= 15 is 0 Å². The number of imidazole rings is 1. The minimum Gasteiger partial charge on any atom is -0.369 e. The van der Waals surface area contributed by atoms with E-state index in [9.17, 15) is 0 Å². The Hall–Kier alpha value is -1.55. The number of nitrogens with zero attached hydrogens (tertiary/aromatic N) is 3. The standard InChI is InChI=1S/C15H20N4/c1-10-3-2-4-13-14(10)17-15(16)19(13)12-7-8-18(9-12)11-5-6-11/h2-4,11-12H,5-9H2,1H3,(H2,16,17). The molecule has 1 saturated carbocycles. The lowest BCUT2D eigenvalue weighted by atomic mass is 10.2. The second-order valence-corrected chi connectivity index (χ2v) is 5.95. The number of rotatable bonds is 2. The molecule has 2 N–H and O–H groups in total. The predicted octanol–water partition coefficient (Wildman–Crippen LogP) is 2.34. The number of nitrogens with two attached hydrogens (primary N) is 1. The Labute approximate surface area is 113 Å². The van der Waals surface area contributed by atoms with Crippen molar-refractivity contribution in [2.24, 2.45) is 0 Å². The normalized spacial score (nSPS) is 24.4. The summed E-state index contributed by atoms with van der Waals surface area (Å²) >= 11 is 0. The molecule has 1 atom stereocenters. The van der Waals surface area contributed by atoms with Crippen molar-refractivity contribution in [1.82, 2.24) is 14.5 Å². The zero-order chi connectivity index (χ0) is 13.0. The first-order valence-corrected chi connectivity index (χ1v) is 7.21. The molecule has 100 valence electrons. The second kappa shape index (κ2) is 3.97. The molecule has 2 aromatic rings. The molecule has 1 aliphatic carbocycles. The van der Waals surface area contributed by atoms with Crippen LogP contribution in [0, 0.1) is 6.92 Å². The number of benzene rings is 1. The van der Waals surface area contributed by atoms with E-state index in [0.29, 0.717) is 12.0 Å². The van der Waals surface area contributed by atoms with Crippen LogP contribution in [-0.2, 0) is 0 Å². The summed E-state index contributed by atoms with van der Waals surface area (Å²) in [7, 11) is 0. The molecule has 0 spiro atoms. The second-order valence-electron chi connectivity index (χ2n) is 5.95. The highest BCUT2D eigenvalue weighted by atomic mass is 15.3. The fraction of sp³-hybridized carbons (Fsp3) is 0.533. The maximum Gasteiger partial charge on any atom is 0.201 e. The predicted molar refractivity (Wildman–Crippen MR) is 77.1 cm³/mol. The molecule has 4 rings (SSSR count). The summed E-state index contributed by atoms with van der Waals surface area (Å²) in [4.78, 5) is 7.18. The van der Waals surface area contributed by atoms with E-state index < -0.39 is 0 Å². The van der Waals surface area contributed by atoms with Crippen molar-refractivity contribution in [1.29, 1.82) is 0 Å². The van der Waals surface area contributed by atoms with Crippen molar-refractivity contribution >= 4 is 17.0 Å². The van der Waals surface area contributed by atoms with Gasteiger partial charge < -0.3 is 10.3 Å². The number of aromatic nitrogens is 2. The van der Waals surface area contributed by atoms with Gasteiger partial charge in [0.1, 0.15) is 0 Å². The molecule has 0 bridgehead atoms. The average Bonchev–Trinajstić information content (AvgIpc) is 3.03. The molecule has 19 heavy (non-hydrogen) atoms. The van der Waals surface area contributed by atoms with Crippen molar-refractivity contribution in [3.8, 4) is 0 Å². The minimum atomic E-state index is 0.493. The van der Waals surface area contributed by atoms with E-state index in [-0.39, 0.29) is 0 Å². The zero-order valence-electron chi connectivity index (χ0n) is 11.3. The molecular weight excluding hydrogens is 236 g/mol. The SMILES string of the molecule is Cc1cccc2c1nc(N)n2C1CCN(C2CC2)C1. The van der Waals surface area contributed by atoms with Crippen molar-refractivity contribution in [2.45, 2.75) is 38.3 Å². The number of aryl methyl sites for hydroxylation is 1. The molecule has 2 fully saturated rings. The van der Waals surface area contributed by atoms with Gasteiger partial charge in [-0.2, -0.15) is 0 Å². The average molecular weight is 256 g/mol. The van der Waals surface area contributed by atoms with E-state index in [4.69, 9.17) is 5.73 Å². The van der Waals surface area contributed by atoms with Crippen LogP contribution < -0.4 is 5.73 Å². The van der Waals surface area contributed by atoms with Crippen molar-refractivity contribution < 1.29 is 0 Å². The highest BCUT2D eigenvalue weighted by Gasteiger charge is 2.35. The number of fused-ring (bicyclic) bond motifs is 1. The van der Waals surface area contributed by atoms with Crippen LogP contribution in [0.5, 0.6) is 0 Å². The number of anilines is 1. The Bertz CT molecular complexity index is 626. The summed E-state index contributed by atoms with van der Waals surface area (Å²) in [6, 6.07) is 7.69. The van der Waals surface area contributed by atoms with Crippen LogP contribution in [0.2, 0.25) is 0 Å². The molecule has 0 radical (unpaired) electrons. The van der Waals surface area contributed by atoms with E-state index in [1.165, 1.54) is 36.9 Å². The third-order valence-corrected chi connectivity index (χ3v) is 4.57. The van der Waals surface area contributed by atoms with Crippen LogP contribution in [0.3, 0.4) is 0 Å². The lowest BCUT2D eigenvalue weighted by Crippen LogP contribution is -2.24. The van der Waals surface area contributed by atoms with Gasteiger partial charge in [-0.05, 0) is 37.8 Å². The monoisotopic (exact) mass is 256 g/mol. The Morgan fingerprint density at radius 1 is 1.21 bits per heavy atom. The first-order chi connectivity index (χ1) is 9.24. The molecule has 1 unspecified atom stereocenters. The fourth-order valence-electron chi connectivity index (χ4n) is 3.41. The minimum absolute atomic E-state index is 0.493. The fourth-order valence-corrected chi connectivity index (χ4v) is 3.41. The van der Waals surface area contributed by atoms with Gasteiger partial charge in [0.05, 0.1) is 17.1 Å². The Kier molecular flexibility index (Phi) is 2.36. The van der Waals surface area contributed by atoms with Crippen molar-refractivity contribution in [2.75, 3.05) is 18.8 Å². The molecule has 1 aromatic heterocycles. The summed E-state index contributed by atoms with van der Waals surface area (Å²) in [6.07, 6.45) is 3.96. The number of hydrogen-bond acceptors (Lipinski definition) is 3. The lowest BCUT2D eigenvalue weighted by Gasteiger charge is -2.17. The lowest BCUT2D eigenvalue weighted by molar-refractivity contribution is 0.315. The first-order valence-electron chi connectivity index (χ1n) is 7.21. The molecule has 1 aliphatic heterocycles. The van der Waals surface area contributed by atoms with Gasteiger partial charge in [0.2, 0.25) is 5.95 Å². The molecule has 2 aliphatic rings. The molecule has 0 amide bonds. The van der Waals surface area contributed by atoms with Crippen molar-refractivity contribution in [3.63, 3.8) is 0 Å². The number of likely N-dealkylation sites (tertiary alicyclic amines) is 1. The van der Waals surface area contributed by atoms with Crippen LogP contribution >= 0.6 is 0 Å². The number of para-hydroxylation sites is 1. The smallest absolute Gasteiger partial charge is 0.201 e. The van der Waals surface area contributed by atoms with Gasteiger partial charge in [0.15, 0.2) is 0 Å². The van der Waals surface area contributed by atoms with E-state index in [1.54, 1.807) is 0 Å². The highest BCUT2D eigenvalue weighted by Crippen LogP contribution is 2.36. The van der Waals surface area contributed by atoms with Gasteiger partial charge >= 0.3 is 0 Å². The maximum atomic E-state index is 6.17. The van der Waals surface area contributed by atoms with Gasteiger partial charge in [0, 0.05) is 19.1 Å². The molecule has 1 aromatic carbocycles. The molecule has 1 saturated heterocycles. The molecule has 4 heteroatoms. The summed E-state index contributed by atoms with van der Waals surface area (Å²) in [5.41, 5.74) is 9.64. The highest BCUT2D eigenvalue weighted by molar-refractivity contribution is 5.81. The van der Waals surface area contributed by atoms with Gasteiger partial charge in [-0.3, -0.25) is 4.90 Å². The topological polar surface area (TPSA) is 47.1 Å². The third kappa shape index (κ3) is 1.74.